The first-order chi connectivity index (χ1) is 15.5. The Morgan fingerprint density at radius 3 is 2.19 bits per heavy atom. The van der Waals surface area contributed by atoms with E-state index in [1.54, 1.807) is 6.92 Å². The minimum absolute atomic E-state index is 0.000517. The number of carbonyl (C=O) groups excluding carboxylic acids is 3. The fraction of sp³-hybridized carbons (Fsp3) is 0.346. The van der Waals surface area contributed by atoms with Gasteiger partial charge in [-0.1, -0.05) is 49.1 Å². The second-order valence-corrected chi connectivity index (χ2v) is 8.41. The third-order valence-corrected chi connectivity index (χ3v) is 6.43. The number of urea groups is 1. The number of piperidine rings is 1. The van der Waals surface area contributed by atoms with Crippen molar-refractivity contribution in [3.63, 3.8) is 0 Å². The lowest BCUT2D eigenvalue weighted by Gasteiger charge is -2.34. The molecule has 2 aliphatic heterocycles. The molecule has 0 radical (unpaired) electrons. The number of hydrogen-bond donors (Lipinski definition) is 2. The Morgan fingerprint density at radius 1 is 1.00 bits per heavy atom. The molecule has 2 N–H and O–H groups in total. The van der Waals surface area contributed by atoms with Crippen LogP contribution in [0.2, 0.25) is 0 Å². The second kappa shape index (κ2) is 9.27. The number of nitrogens with one attached hydrogen (secondary N) is 2. The number of imide groups is 1. The zero-order chi connectivity index (χ0) is 22.6. The highest BCUT2D eigenvalue weighted by Gasteiger charge is 2.47. The summed E-state index contributed by atoms with van der Waals surface area (Å²) >= 11 is 0. The molecule has 2 saturated heterocycles. The van der Waals surface area contributed by atoms with Gasteiger partial charge in [-0.05, 0) is 55.0 Å². The molecule has 0 saturated carbocycles. The van der Waals surface area contributed by atoms with Crippen molar-refractivity contribution in [3.05, 3.63) is 71.3 Å². The summed E-state index contributed by atoms with van der Waals surface area (Å²) < 4.78 is 0. The van der Waals surface area contributed by atoms with Crippen molar-refractivity contribution in [2.24, 2.45) is 0 Å². The Hall–Kier alpha value is -3.59. The summed E-state index contributed by atoms with van der Waals surface area (Å²) in [5.41, 5.74) is 2.11. The Balaban J connectivity index is 1.33. The van der Waals surface area contributed by atoms with Gasteiger partial charge in [-0.2, -0.15) is 0 Å². The zero-order valence-electron chi connectivity index (χ0n) is 18.2. The van der Waals surface area contributed by atoms with Crippen LogP contribution in [0.15, 0.2) is 54.6 Å². The van der Waals surface area contributed by atoms with Gasteiger partial charge in [0.15, 0.2) is 0 Å². The number of carbonyl (C=O) groups is 3. The van der Waals surface area contributed by atoms with E-state index in [0.717, 1.165) is 24.0 Å². The molecule has 4 rings (SSSR count). The van der Waals surface area contributed by atoms with E-state index in [4.69, 9.17) is 0 Å². The third-order valence-electron chi connectivity index (χ3n) is 6.43. The number of rotatable bonds is 4. The summed E-state index contributed by atoms with van der Waals surface area (Å²) in [5, 5.41) is 4.89. The molecule has 1 atom stereocenters. The largest absolute Gasteiger partial charge is 0.343 e. The predicted octanol–water partition coefficient (Wildman–Crippen LogP) is 3.17. The fourth-order valence-corrected chi connectivity index (χ4v) is 4.36. The lowest BCUT2D eigenvalue weighted by atomic mass is 9.87. The van der Waals surface area contributed by atoms with Crippen LogP contribution in [0, 0.1) is 11.8 Å². The molecule has 2 heterocycles. The maximum Gasteiger partial charge on any atom is 0.322 e. The maximum atomic E-state index is 12.8. The standard InChI is InChI=1S/C26H27N3O3/c1-2-26(24(31)27-25(32)28-26)18-23(30)29-16-14-22(15-17-29)21-12-10-20(11-13-21)9-8-19-6-4-3-5-7-19/h3-7,10-13,22H,2,14-18H2,1H3,(H2,27,28,31,32). The highest BCUT2D eigenvalue weighted by atomic mass is 16.2. The molecule has 2 aliphatic rings. The van der Waals surface area contributed by atoms with Crippen molar-refractivity contribution in [3.8, 4) is 11.8 Å². The summed E-state index contributed by atoms with van der Waals surface area (Å²) in [6.45, 7) is 3.10. The zero-order valence-corrected chi connectivity index (χ0v) is 18.2. The molecule has 32 heavy (non-hydrogen) atoms. The van der Waals surface area contributed by atoms with Crippen LogP contribution in [0.1, 0.15) is 55.2 Å². The van der Waals surface area contributed by atoms with E-state index in [-0.39, 0.29) is 12.3 Å². The van der Waals surface area contributed by atoms with Gasteiger partial charge in [-0.15, -0.1) is 0 Å². The summed E-state index contributed by atoms with van der Waals surface area (Å²) in [7, 11) is 0. The van der Waals surface area contributed by atoms with E-state index < -0.39 is 17.5 Å². The molecule has 2 fully saturated rings. The monoisotopic (exact) mass is 429 g/mol. The number of benzene rings is 2. The maximum absolute atomic E-state index is 12.8. The van der Waals surface area contributed by atoms with E-state index in [1.165, 1.54) is 5.56 Å². The Kier molecular flexibility index (Phi) is 6.27. The molecule has 0 spiro atoms. The highest BCUT2D eigenvalue weighted by molar-refractivity contribution is 6.08. The van der Waals surface area contributed by atoms with Crippen molar-refractivity contribution in [1.29, 1.82) is 0 Å². The molecular weight excluding hydrogens is 402 g/mol. The van der Waals surface area contributed by atoms with Gasteiger partial charge in [0.1, 0.15) is 5.54 Å². The molecule has 2 aromatic rings. The highest BCUT2D eigenvalue weighted by Crippen LogP contribution is 2.29. The molecule has 0 bridgehead atoms. The van der Waals surface area contributed by atoms with Crippen LogP contribution < -0.4 is 10.6 Å². The van der Waals surface area contributed by atoms with Gasteiger partial charge >= 0.3 is 6.03 Å². The number of amides is 4. The minimum atomic E-state index is -1.12. The average Bonchev–Trinajstić information content (AvgIpc) is 3.11. The molecule has 0 aromatic heterocycles. The van der Waals surface area contributed by atoms with E-state index in [0.29, 0.717) is 25.4 Å². The first-order valence-electron chi connectivity index (χ1n) is 11.1. The van der Waals surface area contributed by atoms with Crippen LogP contribution in [0.4, 0.5) is 4.79 Å². The van der Waals surface area contributed by atoms with Crippen LogP contribution in [-0.4, -0.2) is 41.4 Å². The van der Waals surface area contributed by atoms with Crippen LogP contribution in [0.5, 0.6) is 0 Å². The smallest absolute Gasteiger partial charge is 0.322 e. The van der Waals surface area contributed by atoms with Crippen molar-refractivity contribution in [2.75, 3.05) is 13.1 Å². The van der Waals surface area contributed by atoms with Gasteiger partial charge in [0, 0.05) is 24.2 Å². The summed E-state index contributed by atoms with van der Waals surface area (Å²) in [6, 6.07) is 17.7. The Morgan fingerprint density at radius 2 is 1.62 bits per heavy atom. The lowest BCUT2D eigenvalue weighted by molar-refractivity contribution is -0.137. The normalized spacial score (nSPS) is 20.8. The Labute approximate surface area is 188 Å². The third kappa shape index (κ3) is 4.67. The lowest BCUT2D eigenvalue weighted by Crippen LogP contribution is -2.51. The molecule has 4 amide bonds. The quantitative estimate of drug-likeness (QED) is 0.579. The van der Waals surface area contributed by atoms with Crippen LogP contribution in [0.25, 0.3) is 0 Å². The number of hydrogen-bond acceptors (Lipinski definition) is 3. The topological polar surface area (TPSA) is 78.5 Å². The minimum Gasteiger partial charge on any atom is -0.343 e. The molecule has 6 heteroatoms. The predicted molar refractivity (Wildman–Crippen MR) is 122 cm³/mol. The van der Waals surface area contributed by atoms with E-state index in [1.807, 2.05) is 35.2 Å². The summed E-state index contributed by atoms with van der Waals surface area (Å²) in [5.74, 6) is 6.26. The van der Waals surface area contributed by atoms with E-state index >= 15 is 0 Å². The van der Waals surface area contributed by atoms with Crippen molar-refractivity contribution in [1.82, 2.24) is 15.5 Å². The number of likely N-dealkylation sites (tertiary alicyclic amines) is 1. The average molecular weight is 430 g/mol. The molecule has 0 aliphatic carbocycles. The molecular formula is C26H27N3O3. The fourth-order valence-electron chi connectivity index (χ4n) is 4.36. The van der Waals surface area contributed by atoms with E-state index in [9.17, 15) is 14.4 Å². The summed E-state index contributed by atoms with van der Waals surface area (Å²) in [4.78, 5) is 38.4. The first-order valence-corrected chi connectivity index (χ1v) is 11.1. The molecule has 2 aromatic carbocycles. The van der Waals surface area contributed by atoms with Crippen molar-refractivity contribution >= 4 is 17.8 Å². The van der Waals surface area contributed by atoms with Crippen LogP contribution >= 0.6 is 0 Å². The van der Waals surface area contributed by atoms with Gasteiger partial charge < -0.3 is 10.2 Å². The SMILES string of the molecule is CCC1(CC(=O)N2CCC(c3ccc(C#Cc4ccccc4)cc3)CC2)NC(=O)NC1=O. The number of nitrogens with zero attached hydrogens (tertiary/aromatic N) is 1. The van der Waals surface area contributed by atoms with Crippen molar-refractivity contribution in [2.45, 2.75) is 44.1 Å². The molecule has 1 unspecified atom stereocenters. The van der Waals surface area contributed by atoms with E-state index in [2.05, 4.69) is 46.7 Å². The van der Waals surface area contributed by atoms with Crippen molar-refractivity contribution < 1.29 is 14.4 Å². The molecule has 164 valence electrons. The van der Waals surface area contributed by atoms with Gasteiger partial charge in [-0.3, -0.25) is 14.9 Å². The Bertz CT molecular complexity index is 1060. The van der Waals surface area contributed by atoms with Gasteiger partial charge in [-0.25, -0.2) is 4.79 Å². The van der Waals surface area contributed by atoms with Crippen LogP contribution in [-0.2, 0) is 9.59 Å². The second-order valence-electron chi connectivity index (χ2n) is 8.41. The van der Waals surface area contributed by atoms with Gasteiger partial charge in [0.05, 0.1) is 6.42 Å². The van der Waals surface area contributed by atoms with Crippen LogP contribution in [0.3, 0.4) is 0 Å². The van der Waals surface area contributed by atoms with Gasteiger partial charge in [0.25, 0.3) is 5.91 Å². The molecule has 6 nitrogen and oxygen atoms in total. The van der Waals surface area contributed by atoms with Gasteiger partial charge in [0.2, 0.25) is 5.91 Å². The summed E-state index contributed by atoms with van der Waals surface area (Å²) in [6.07, 6.45) is 2.13. The first kappa shape index (κ1) is 21.6.